The summed E-state index contributed by atoms with van der Waals surface area (Å²) in [5.41, 5.74) is -0.167. The molecule has 24 heavy (non-hydrogen) atoms. The van der Waals surface area contributed by atoms with Crippen LogP contribution in [0.15, 0.2) is 24.3 Å². The lowest BCUT2D eigenvalue weighted by Crippen LogP contribution is -2.35. The van der Waals surface area contributed by atoms with E-state index in [1.165, 1.54) is 12.1 Å². The van der Waals surface area contributed by atoms with Crippen molar-refractivity contribution in [1.82, 2.24) is 5.32 Å². The molecule has 136 valence electrons. The SMILES string of the molecule is CC(C)(C)OC=O.FC(F)(F)c1ccc(NC2CCNCC2)cc1. The molecule has 1 aromatic carbocycles. The Kier molecular flexibility index (Phi) is 7.54. The molecule has 1 aromatic rings. The Morgan fingerprint density at radius 2 is 1.67 bits per heavy atom. The smallest absolute Gasteiger partial charge is 0.416 e. The fourth-order valence-electron chi connectivity index (χ4n) is 2.10. The second kappa shape index (κ2) is 8.92. The summed E-state index contributed by atoms with van der Waals surface area (Å²) < 4.78 is 41.6. The molecule has 1 aliphatic heterocycles. The van der Waals surface area contributed by atoms with Crippen molar-refractivity contribution in [3.63, 3.8) is 0 Å². The van der Waals surface area contributed by atoms with Gasteiger partial charge in [0, 0.05) is 11.7 Å². The van der Waals surface area contributed by atoms with Gasteiger partial charge in [0.25, 0.3) is 6.47 Å². The van der Waals surface area contributed by atoms with Crippen LogP contribution in [0.1, 0.15) is 39.2 Å². The van der Waals surface area contributed by atoms with E-state index in [9.17, 15) is 18.0 Å². The van der Waals surface area contributed by atoms with E-state index in [1.54, 1.807) is 0 Å². The average molecular weight is 346 g/mol. The summed E-state index contributed by atoms with van der Waals surface area (Å²) in [4.78, 5) is 9.60. The number of halogens is 3. The maximum Gasteiger partial charge on any atom is 0.416 e. The third-order valence-electron chi connectivity index (χ3n) is 3.32. The van der Waals surface area contributed by atoms with Crippen LogP contribution in [0, 0.1) is 0 Å². The normalized spacial score (nSPS) is 15.9. The highest BCUT2D eigenvalue weighted by molar-refractivity contribution is 5.46. The molecule has 1 heterocycles. The zero-order valence-corrected chi connectivity index (χ0v) is 14.2. The van der Waals surface area contributed by atoms with E-state index in [0.717, 1.165) is 43.8 Å². The van der Waals surface area contributed by atoms with Gasteiger partial charge < -0.3 is 15.4 Å². The second-order valence-electron chi connectivity index (χ2n) is 6.57. The number of nitrogens with one attached hydrogen (secondary N) is 2. The molecule has 0 aliphatic carbocycles. The molecular weight excluding hydrogens is 321 g/mol. The zero-order valence-electron chi connectivity index (χ0n) is 14.2. The van der Waals surface area contributed by atoms with Gasteiger partial charge in [-0.05, 0) is 71.0 Å². The summed E-state index contributed by atoms with van der Waals surface area (Å²) in [7, 11) is 0. The molecule has 0 spiro atoms. The van der Waals surface area contributed by atoms with Gasteiger partial charge in [-0.3, -0.25) is 4.79 Å². The predicted molar refractivity (Wildman–Crippen MR) is 87.9 cm³/mol. The number of carbonyl (C=O) groups is 1. The van der Waals surface area contributed by atoms with Gasteiger partial charge >= 0.3 is 6.18 Å². The highest BCUT2D eigenvalue weighted by Crippen LogP contribution is 2.30. The average Bonchev–Trinajstić information content (AvgIpc) is 2.47. The molecule has 4 nitrogen and oxygen atoms in total. The summed E-state index contributed by atoms with van der Waals surface area (Å²) in [5.74, 6) is 0. The first-order valence-corrected chi connectivity index (χ1v) is 7.88. The first-order valence-electron chi connectivity index (χ1n) is 7.88. The molecule has 7 heteroatoms. The van der Waals surface area contributed by atoms with Crippen molar-refractivity contribution >= 4 is 12.2 Å². The molecule has 0 aromatic heterocycles. The molecule has 0 amide bonds. The molecular formula is C17H25F3N2O2. The van der Waals surface area contributed by atoms with E-state index in [4.69, 9.17) is 0 Å². The van der Waals surface area contributed by atoms with Gasteiger partial charge in [-0.1, -0.05) is 0 Å². The van der Waals surface area contributed by atoms with Crippen LogP contribution in [0.5, 0.6) is 0 Å². The van der Waals surface area contributed by atoms with Crippen molar-refractivity contribution in [3.8, 4) is 0 Å². The lowest BCUT2D eigenvalue weighted by atomic mass is 10.1. The molecule has 1 aliphatic rings. The molecule has 1 saturated heterocycles. The minimum absolute atomic E-state index is 0.318. The van der Waals surface area contributed by atoms with E-state index in [2.05, 4.69) is 15.4 Å². The van der Waals surface area contributed by atoms with Crippen molar-refractivity contribution in [1.29, 1.82) is 0 Å². The van der Waals surface area contributed by atoms with E-state index in [-0.39, 0.29) is 5.60 Å². The van der Waals surface area contributed by atoms with Crippen LogP contribution in [0.3, 0.4) is 0 Å². The fraction of sp³-hybridized carbons (Fsp3) is 0.588. The Hall–Kier alpha value is -1.76. The number of carbonyl (C=O) groups excluding carboxylic acids is 1. The largest absolute Gasteiger partial charge is 0.462 e. The summed E-state index contributed by atoms with van der Waals surface area (Å²) in [6.07, 6.45) is -2.25. The minimum Gasteiger partial charge on any atom is -0.462 e. The summed E-state index contributed by atoms with van der Waals surface area (Å²) in [6.45, 7) is 7.83. The van der Waals surface area contributed by atoms with Crippen LogP contribution in [0.4, 0.5) is 18.9 Å². The van der Waals surface area contributed by atoms with Gasteiger partial charge in [0.2, 0.25) is 0 Å². The summed E-state index contributed by atoms with van der Waals surface area (Å²) in [6, 6.07) is 5.57. The maximum atomic E-state index is 12.3. The monoisotopic (exact) mass is 346 g/mol. The Bertz CT molecular complexity index is 490. The quantitative estimate of drug-likeness (QED) is 0.817. The van der Waals surface area contributed by atoms with Crippen LogP contribution in [-0.2, 0) is 15.7 Å². The molecule has 0 saturated carbocycles. The lowest BCUT2D eigenvalue weighted by Gasteiger charge is -2.24. The molecule has 0 radical (unpaired) electrons. The topological polar surface area (TPSA) is 50.4 Å². The van der Waals surface area contributed by atoms with Gasteiger partial charge in [0.15, 0.2) is 0 Å². The second-order valence-corrected chi connectivity index (χ2v) is 6.57. The van der Waals surface area contributed by atoms with Gasteiger partial charge in [-0.15, -0.1) is 0 Å². The number of hydrogen-bond donors (Lipinski definition) is 2. The Morgan fingerprint density at radius 3 is 2.04 bits per heavy atom. The number of hydrogen-bond acceptors (Lipinski definition) is 4. The molecule has 2 N–H and O–H groups in total. The Morgan fingerprint density at radius 1 is 1.12 bits per heavy atom. The highest BCUT2D eigenvalue weighted by atomic mass is 19.4. The molecule has 0 atom stereocenters. The minimum atomic E-state index is -4.26. The highest BCUT2D eigenvalue weighted by Gasteiger charge is 2.30. The standard InChI is InChI=1S/C12H15F3N2.C5H10O2/c13-12(14,15)9-1-3-10(4-2-9)17-11-5-7-16-8-6-11;1-5(2,3)7-4-6/h1-4,11,16-17H,5-8H2;4H,1-3H3. The van der Waals surface area contributed by atoms with Crippen molar-refractivity contribution in [2.24, 2.45) is 0 Å². The number of benzene rings is 1. The van der Waals surface area contributed by atoms with E-state index >= 15 is 0 Å². The first kappa shape index (κ1) is 20.3. The van der Waals surface area contributed by atoms with Gasteiger partial charge in [0.05, 0.1) is 5.56 Å². The van der Waals surface area contributed by atoms with E-state index < -0.39 is 11.7 Å². The maximum absolute atomic E-state index is 12.3. The number of ether oxygens (including phenoxy) is 1. The Balaban J connectivity index is 0.000000351. The van der Waals surface area contributed by atoms with E-state index in [0.29, 0.717) is 12.5 Å². The zero-order chi connectivity index (χ0) is 18.2. The number of piperidine rings is 1. The van der Waals surface area contributed by atoms with Gasteiger partial charge in [-0.25, -0.2) is 0 Å². The van der Waals surface area contributed by atoms with Crippen molar-refractivity contribution < 1.29 is 22.7 Å². The molecule has 2 rings (SSSR count). The third-order valence-corrected chi connectivity index (χ3v) is 3.32. The number of alkyl halides is 3. The van der Waals surface area contributed by atoms with Gasteiger partial charge in [0.1, 0.15) is 5.60 Å². The number of anilines is 1. The van der Waals surface area contributed by atoms with Crippen LogP contribution in [-0.4, -0.2) is 31.2 Å². The predicted octanol–water partition coefficient (Wildman–Crippen LogP) is 3.83. The fourth-order valence-corrected chi connectivity index (χ4v) is 2.10. The van der Waals surface area contributed by atoms with E-state index in [1.807, 2.05) is 20.8 Å². The van der Waals surface area contributed by atoms with Crippen LogP contribution < -0.4 is 10.6 Å². The van der Waals surface area contributed by atoms with Crippen molar-refractivity contribution in [2.45, 2.75) is 51.4 Å². The van der Waals surface area contributed by atoms with Crippen LogP contribution in [0.2, 0.25) is 0 Å². The molecule has 0 bridgehead atoms. The van der Waals surface area contributed by atoms with Gasteiger partial charge in [-0.2, -0.15) is 13.2 Å². The summed E-state index contributed by atoms with van der Waals surface area (Å²) >= 11 is 0. The Labute approximate surface area is 140 Å². The van der Waals surface area contributed by atoms with Crippen molar-refractivity contribution in [2.75, 3.05) is 18.4 Å². The van der Waals surface area contributed by atoms with Crippen LogP contribution >= 0.6 is 0 Å². The third kappa shape index (κ3) is 8.19. The molecule has 0 unspecified atom stereocenters. The number of rotatable bonds is 3. The summed E-state index contributed by atoms with van der Waals surface area (Å²) in [5, 5.41) is 6.49. The lowest BCUT2D eigenvalue weighted by molar-refractivity contribution is -0.139. The molecule has 1 fully saturated rings. The first-order chi connectivity index (χ1) is 11.1. The van der Waals surface area contributed by atoms with Crippen molar-refractivity contribution in [3.05, 3.63) is 29.8 Å². The van der Waals surface area contributed by atoms with Crippen LogP contribution in [0.25, 0.3) is 0 Å².